The minimum atomic E-state index is -0.981. The topological polar surface area (TPSA) is 90.4 Å². The molecule has 1 heterocycles. The molecule has 1 N–H and O–H groups in total. The number of urea groups is 1. The summed E-state index contributed by atoms with van der Waals surface area (Å²) in [5.41, 5.74) is 0. The number of amides is 3. The third-order valence-electron chi connectivity index (χ3n) is 3.08. The van der Waals surface area contributed by atoms with Gasteiger partial charge in [-0.2, -0.15) is 0 Å². The van der Waals surface area contributed by atoms with Crippen molar-refractivity contribution < 1.29 is 24.2 Å². The molecule has 1 unspecified atom stereocenters. The lowest BCUT2D eigenvalue weighted by Crippen LogP contribution is -2.54. The van der Waals surface area contributed by atoms with Crippen LogP contribution >= 0.6 is 0 Å². The van der Waals surface area contributed by atoms with Gasteiger partial charge < -0.3 is 24.5 Å². The highest BCUT2D eigenvalue weighted by atomic mass is 16.5. The van der Waals surface area contributed by atoms with E-state index in [1.165, 1.54) is 21.7 Å². The van der Waals surface area contributed by atoms with Crippen LogP contribution in [0, 0.1) is 0 Å². The number of likely N-dealkylation sites (N-methyl/N-ethyl adjacent to an activating group) is 2. The second-order valence-electron chi connectivity index (χ2n) is 4.95. The van der Waals surface area contributed by atoms with Gasteiger partial charge in [-0.05, 0) is 0 Å². The number of carboxylic acids is 1. The van der Waals surface area contributed by atoms with E-state index in [-0.39, 0.29) is 31.5 Å². The van der Waals surface area contributed by atoms with Crippen LogP contribution in [0.15, 0.2) is 0 Å². The first kappa shape index (κ1) is 16.2. The molecule has 114 valence electrons. The van der Waals surface area contributed by atoms with E-state index in [0.29, 0.717) is 13.2 Å². The summed E-state index contributed by atoms with van der Waals surface area (Å²) in [4.78, 5) is 38.8. The van der Waals surface area contributed by atoms with Gasteiger partial charge in [0.15, 0.2) is 0 Å². The first-order chi connectivity index (χ1) is 9.32. The monoisotopic (exact) mass is 287 g/mol. The number of morpholine rings is 1. The number of nitrogens with zero attached hydrogens (tertiary/aromatic N) is 3. The predicted molar refractivity (Wildman–Crippen MR) is 70.3 cm³/mol. The van der Waals surface area contributed by atoms with Gasteiger partial charge in [0, 0.05) is 27.7 Å². The summed E-state index contributed by atoms with van der Waals surface area (Å²) in [7, 11) is 4.75. The van der Waals surface area contributed by atoms with Crippen molar-refractivity contribution in [3.05, 3.63) is 0 Å². The zero-order chi connectivity index (χ0) is 15.3. The molecule has 1 rings (SSSR count). The van der Waals surface area contributed by atoms with E-state index in [4.69, 9.17) is 9.84 Å². The molecule has 0 radical (unpaired) electrons. The van der Waals surface area contributed by atoms with Gasteiger partial charge in [-0.15, -0.1) is 0 Å². The molecule has 0 aromatic heterocycles. The van der Waals surface area contributed by atoms with Crippen LogP contribution < -0.4 is 0 Å². The number of hydrogen-bond acceptors (Lipinski definition) is 4. The number of carbonyl (C=O) groups excluding carboxylic acids is 2. The SMILES string of the molecule is CN(C)C(=O)CN(C)C(=O)N1CCOCC1CC(=O)O. The number of hydrogen-bond donors (Lipinski definition) is 1. The van der Waals surface area contributed by atoms with Gasteiger partial charge in [0.05, 0.1) is 25.7 Å². The number of carbonyl (C=O) groups is 3. The third-order valence-corrected chi connectivity index (χ3v) is 3.08. The average molecular weight is 287 g/mol. The number of rotatable bonds is 4. The maximum Gasteiger partial charge on any atom is 0.320 e. The van der Waals surface area contributed by atoms with Crippen molar-refractivity contribution in [1.82, 2.24) is 14.7 Å². The molecule has 1 atom stereocenters. The maximum atomic E-state index is 12.3. The molecule has 1 saturated heterocycles. The van der Waals surface area contributed by atoms with Crippen molar-refractivity contribution in [2.24, 2.45) is 0 Å². The molecule has 1 fully saturated rings. The van der Waals surface area contributed by atoms with Crippen LogP contribution in [0.1, 0.15) is 6.42 Å². The molecule has 0 bridgehead atoms. The predicted octanol–water partition coefficient (Wildman–Crippen LogP) is -0.698. The lowest BCUT2D eigenvalue weighted by atomic mass is 10.1. The minimum Gasteiger partial charge on any atom is -0.481 e. The van der Waals surface area contributed by atoms with E-state index in [0.717, 1.165) is 0 Å². The van der Waals surface area contributed by atoms with E-state index in [1.54, 1.807) is 14.1 Å². The van der Waals surface area contributed by atoms with Crippen molar-refractivity contribution in [2.75, 3.05) is 47.4 Å². The summed E-state index contributed by atoms with van der Waals surface area (Å²) in [6.45, 7) is 0.866. The molecule has 0 aromatic carbocycles. The fourth-order valence-corrected chi connectivity index (χ4v) is 1.91. The largest absolute Gasteiger partial charge is 0.481 e. The highest BCUT2D eigenvalue weighted by Crippen LogP contribution is 2.13. The Morgan fingerprint density at radius 3 is 2.50 bits per heavy atom. The summed E-state index contributed by atoms with van der Waals surface area (Å²) in [6, 6.07) is -0.847. The summed E-state index contributed by atoms with van der Waals surface area (Å²) < 4.78 is 5.21. The Labute approximate surface area is 117 Å². The van der Waals surface area contributed by atoms with Gasteiger partial charge in [0.2, 0.25) is 5.91 Å². The van der Waals surface area contributed by atoms with Crippen molar-refractivity contribution >= 4 is 17.9 Å². The van der Waals surface area contributed by atoms with Gasteiger partial charge in [-0.1, -0.05) is 0 Å². The van der Waals surface area contributed by atoms with Gasteiger partial charge >= 0.3 is 12.0 Å². The highest BCUT2D eigenvalue weighted by Gasteiger charge is 2.31. The standard InChI is InChI=1S/C12H21N3O5/c1-13(2)10(16)7-14(3)12(19)15-4-5-20-8-9(15)6-11(17)18/h9H,4-8H2,1-3H3,(H,17,18). The van der Waals surface area contributed by atoms with Crippen LogP contribution in [-0.2, 0) is 14.3 Å². The zero-order valence-electron chi connectivity index (χ0n) is 12.0. The minimum absolute atomic E-state index is 0.0387. The lowest BCUT2D eigenvalue weighted by Gasteiger charge is -2.37. The van der Waals surface area contributed by atoms with E-state index >= 15 is 0 Å². The fraction of sp³-hybridized carbons (Fsp3) is 0.750. The van der Waals surface area contributed by atoms with Crippen molar-refractivity contribution in [3.63, 3.8) is 0 Å². The van der Waals surface area contributed by atoms with Crippen LogP contribution in [0.25, 0.3) is 0 Å². The molecule has 0 saturated carbocycles. The second kappa shape index (κ2) is 7.09. The third kappa shape index (κ3) is 4.37. The normalized spacial score (nSPS) is 18.6. The van der Waals surface area contributed by atoms with Gasteiger partial charge in [0.1, 0.15) is 6.54 Å². The van der Waals surface area contributed by atoms with E-state index in [1.807, 2.05) is 0 Å². The van der Waals surface area contributed by atoms with Crippen LogP contribution in [-0.4, -0.2) is 91.2 Å². The number of aliphatic carboxylic acids is 1. The molecule has 0 aliphatic carbocycles. The molecule has 8 nitrogen and oxygen atoms in total. The molecule has 1 aliphatic heterocycles. The molecule has 1 aliphatic rings. The van der Waals surface area contributed by atoms with Crippen molar-refractivity contribution in [1.29, 1.82) is 0 Å². The van der Waals surface area contributed by atoms with Crippen LogP contribution in [0.5, 0.6) is 0 Å². The average Bonchev–Trinajstić information content (AvgIpc) is 2.37. The maximum absolute atomic E-state index is 12.3. The Hall–Kier alpha value is -1.83. The molecule has 3 amide bonds. The molecule has 20 heavy (non-hydrogen) atoms. The first-order valence-corrected chi connectivity index (χ1v) is 6.34. The van der Waals surface area contributed by atoms with Crippen molar-refractivity contribution in [3.8, 4) is 0 Å². The number of ether oxygens (including phenoxy) is 1. The van der Waals surface area contributed by atoms with E-state index in [9.17, 15) is 14.4 Å². The molecule has 0 aromatic rings. The van der Waals surface area contributed by atoms with Crippen LogP contribution in [0.2, 0.25) is 0 Å². The summed E-state index contributed by atoms with van der Waals surface area (Å²) in [5, 5.41) is 8.85. The Morgan fingerprint density at radius 1 is 1.30 bits per heavy atom. The zero-order valence-corrected chi connectivity index (χ0v) is 12.0. The second-order valence-corrected chi connectivity index (χ2v) is 4.95. The Kier molecular flexibility index (Phi) is 5.75. The first-order valence-electron chi connectivity index (χ1n) is 6.34. The highest BCUT2D eigenvalue weighted by molar-refractivity contribution is 5.84. The Morgan fingerprint density at radius 2 is 1.95 bits per heavy atom. The van der Waals surface area contributed by atoms with Gasteiger partial charge in [-0.25, -0.2) is 4.79 Å². The summed E-state index contributed by atoms with van der Waals surface area (Å²) in [5.74, 6) is -1.17. The van der Waals surface area contributed by atoms with Crippen molar-refractivity contribution in [2.45, 2.75) is 12.5 Å². The fourth-order valence-electron chi connectivity index (χ4n) is 1.91. The van der Waals surface area contributed by atoms with Gasteiger partial charge in [-0.3, -0.25) is 9.59 Å². The van der Waals surface area contributed by atoms with Crippen LogP contribution in [0.3, 0.4) is 0 Å². The Bertz CT molecular complexity index is 385. The smallest absolute Gasteiger partial charge is 0.320 e. The quantitative estimate of drug-likeness (QED) is 0.738. The number of carboxylic acid groups (broad SMARTS) is 1. The molecular formula is C12H21N3O5. The van der Waals surface area contributed by atoms with E-state index in [2.05, 4.69) is 0 Å². The summed E-state index contributed by atoms with van der Waals surface area (Å²) >= 11 is 0. The Balaban J connectivity index is 2.66. The van der Waals surface area contributed by atoms with Gasteiger partial charge in [0.25, 0.3) is 0 Å². The summed E-state index contributed by atoms with van der Waals surface area (Å²) in [6.07, 6.45) is -0.165. The van der Waals surface area contributed by atoms with E-state index < -0.39 is 12.0 Å². The molecule has 8 heteroatoms. The van der Waals surface area contributed by atoms with Crippen LogP contribution in [0.4, 0.5) is 4.79 Å². The molecule has 0 spiro atoms. The molecular weight excluding hydrogens is 266 g/mol. The lowest BCUT2D eigenvalue weighted by molar-refractivity contribution is -0.139.